The van der Waals surface area contributed by atoms with E-state index in [0.29, 0.717) is 0 Å². The van der Waals surface area contributed by atoms with Gasteiger partial charge < -0.3 is 4.43 Å². The van der Waals surface area contributed by atoms with Crippen molar-refractivity contribution < 1.29 is 4.43 Å². The highest BCUT2D eigenvalue weighted by Crippen LogP contribution is 2.69. The summed E-state index contributed by atoms with van der Waals surface area (Å²) in [6.07, 6.45) is 1.20. The van der Waals surface area contributed by atoms with Crippen LogP contribution in [0.25, 0.3) is 0 Å². The van der Waals surface area contributed by atoms with E-state index in [-0.39, 0.29) is 14.7 Å². The van der Waals surface area contributed by atoms with Gasteiger partial charge in [-0.25, -0.2) is 0 Å². The standard InChI is InChI=1S/C19H44Br4OSi4/c1-16(2,3)15-18(25(7,8)9,26(10,11)12)28(22,23)19(20,21)24-27(13,14)17(4,5)6/h15H2,1-14H3. The number of halogens is 4. The predicted molar refractivity (Wildman–Crippen MR) is 156 cm³/mol. The fourth-order valence-corrected chi connectivity index (χ4v) is 57.8. The highest BCUT2D eigenvalue weighted by molar-refractivity contribution is 9.53. The van der Waals surface area contributed by atoms with Crippen molar-refractivity contribution in [2.75, 3.05) is 0 Å². The van der Waals surface area contributed by atoms with E-state index >= 15 is 0 Å². The third kappa shape index (κ3) is 6.20. The van der Waals surface area contributed by atoms with E-state index < -0.39 is 32.8 Å². The lowest BCUT2D eigenvalue weighted by atomic mass is 9.93. The molecule has 0 saturated carbocycles. The van der Waals surface area contributed by atoms with E-state index in [4.69, 9.17) is 4.43 Å². The summed E-state index contributed by atoms with van der Waals surface area (Å²) in [6.45, 7) is 34.1. The first-order valence-electron chi connectivity index (χ1n) is 10.1. The summed E-state index contributed by atoms with van der Waals surface area (Å²) < 4.78 is 6.72. The molecule has 0 aromatic rings. The van der Waals surface area contributed by atoms with Crippen LogP contribution in [0.15, 0.2) is 0 Å². The van der Waals surface area contributed by atoms with Crippen LogP contribution >= 0.6 is 62.4 Å². The summed E-state index contributed by atoms with van der Waals surface area (Å²) in [5.41, 5.74) is 0.243. The zero-order valence-electron chi connectivity index (χ0n) is 20.6. The van der Waals surface area contributed by atoms with E-state index in [2.05, 4.69) is 156 Å². The second-order valence-electron chi connectivity index (χ2n) is 13.1. The average molecular weight is 721 g/mol. The van der Waals surface area contributed by atoms with Gasteiger partial charge in [0, 0.05) is 16.1 Å². The Labute approximate surface area is 212 Å². The van der Waals surface area contributed by atoms with Gasteiger partial charge in [0.25, 0.3) is 5.31 Å². The maximum absolute atomic E-state index is 7.05. The Kier molecular flexibility index (Phi) is 9.70. The number of alkyl halides is 2. The summed E-state index contributed by atoms with van der Waals surface area (Å²) >= 11 is 17.0. The summed E-state index contributed by atoms with van der Waals surface area (Å²) in [5.74, 6) is 0. The van der Waals surface area contributed by atoms with Crippen LogP contribution in [-0.2, 0) is 4.43 Å². The van der Waals surface area contributed by atoms with Crippen molar-refractivity contribution in [3.8, 4) is 0 Å². The first kappa shape index (κ1) is 30.7. The van der Waals surface area contributed by atoms with Crippen molar-refractivity contribution in [2.45, 2.75) is 113 Å². The zero-order chi connectivity index (χ0) is 23.4. The van der Waals surface area contributed by atoms with Gasteiger partial charge >= 0.3 is 0 Å². The molecule has 170 valence electrons. The van der Waals surface area contributed by atoms with Crippen LogP contribution in [0.4, 0.5) is 0 Å². The van der Waals surface area contributed by atoms with Gasteiger partial charge in [0.2, 0.25) is 0 Å². The lowest BCUT2D eigenvalue weighted by Crippen LogP contribution is -2.71. The molecule has 1 nitrogen and oxygen atoms in total. The van der Waals surface area contributed by atoms with Gasteiger partial charge in [0.05, 0.1) is 0 Å². The predicted octanol–water partition coefficient (Wildman–Crippen LogP) is 10.2. The summed E-state index contributed by atoms with van der Waals surface area (Å²) in [6, 6.07) is 0. The SMILES string of the molecule is CC(C)(C)CC([Si](C)(C)C)([Si](C)(C)C)[Si](Br)(Br)C(Br)(Br)O[Si](C)(C)C(C)(C)C. The molecular weight excluding hydrogens is 676 g/mol. The minimum Gasteiger partial charge on any atom is -0.395 e. The van der Waals surface area contributed by atoms with Crippen molar-refractivity contribution in [1.29, 1.82) is 0 Å². The van der Waals surface area contributed by atoms with Gasteiger partial charge in [-0.2, -0.15) is 0 Å². The van der Waals surface area contributed by atoms with Crippen LogP contribution in [0.3, 0.4) is 0 Å². The maximum atomic E-state index is 7.05. The lowest BCUT2D eigenvalue weighted by Gasteiger charge is -2.62. The van der Waals surface area contributed by atoms with Gasteiger partial charge in [-0.3, -0.25) is 0 Å². The van der Waals surface area contributed by atoms with Crippen LogP contribution in [-0.4, -0.2) is 32.8 Å². The topological polar surface area (TPSA) is 9.23 Å². The molecule has 9 heteroatoms. The minimum absolute atomic E-state index is 0.148. The lowest BCUT2D eigenvalue weighted by molar-refractivity contribution is 0.299. The van der Waals surface area contributed by atoms with E-state index in [1.54, 1.807) is 0 Å². The van der Waals surface area contributed by atoms with E-state index in [9.17, 15) is 0 Å². The number of hydrogen-bond acceptors (Lipinski definition) is 1. The molecule has 0 spiro atoms. The molecule has 0 heterocycles. The molecule has 0 aromatic heterocycles. The van der Waals surface area contributed by atoms with Crippen molar-refractivity contribution in [1.82, 2.24) is 0 Å². The van der Waals surface area contributed by atoms with Crippen molar-refractivity contribution in [3.63, 3.8) is 0 Å². The van der Waals surface area contributed by atoms with Gasteiger partial charge in [0.1, 0.15) is 0 Å². The molecular formula is C19H44Br4OSi4. The Bertz CT molecular complexity index is 536. The molecule has 0 saturated heterocycles. The van der Waals surface area contributed by atoms with Crippen LogP contribution in [0, 0.1) is 5.41 Å². The third-order valence-corrected chi connectivity index (χ3v) is 52.6. The van der Waals surface area contributed by atoms with E-state index in [1.165, 1.54) is 6.42 Å². The molecule has 0 fully saturated rings. The number of rotatable bonds is 7. The molecule has 0 aromatic carbocycles. The second-order valence-corrected chi connectivity index (χ2v) is 47.8. The molecule has 0 atom stereocenters. The highest BCUT2D eigenvalue weighted by Gasteiger charge is 2.72. The summed E-state index contributed by atoms with van der Waals surface area (Å²) in [4.78, 5) is 0. The molecule has 0 amide bonds. The van der Waals surface area contributed by atoms with Crippen LogP contribution in [0.2, 0.25) is 61.7 Å². The first-order chi connectivity index (χ1) is 11.7. The Morgan fingerprint density at radius 3 is 1.21 bits per heavy atom. The second kappa shape index (κ2) is 8.84. The monoisotopic (exact) mass is 716 g/mol. The van der Waals surface area contributed by atoms with Crippen LogP contribution in [0.5, 0.6) is 0 Å². The Balaban J connectivity index is 6.86. The normalized spacial score (nSPS) is 16.5. The molecule has 28 heavy (non-hydrogen) atoms. The quantitative estimate of drug-likeness (QED) is 0.145. The third-order valence-electron chi connectivity index (χ3n) is 6.45. The molecule has 0 aliphatic rings. The van der Waals surface area contributed by atoms with Crippen molar-refractivity contribution in [2.24, 2.45) is 5.41 Å². The van der Waals surface area contributed by atoms with E-state index in [0.717, 1.165) is 0 Å². The van der Waals surface area contributed by atoms with E-state index in [1.807, 2.05) is 0 Å². The fraction of sp³-hybridized carbons (Fsp3) is 1.00. The first-order valence-corrected chi connectivity index (χ1v) is 28.1. The van der Waals surface area contributed by atoms with Crippen LogP contribution in [0.1, 0.15) is 48.0 Å². The molecule has 0 radical (unpaired) electrons. The number of hydrogen-bond donors (Lipinski definition) is 0. The van der Waals surface area contributed by atoms with Gasteiger partial charge in [-0.05, 0) is 66.1 Å². The molecule has 0 rings (SSSR count). The highest BCUT2D eigenvalue weighted by atomic mass is 79.9. The van der Waals surface area contributed by atoms with Gasteiger partial charge in [0.15, 0.2) is 11.4 Å². The molecule has 0 unspecified atom stereocenters. The largest absolute Gasteiger partial charge is 0.395 e. The summed E-state index contributed by atoms with van der Waals surface area (Å²) in [7, 11) is -5.28. The Hall–Kier alpha value is 2.75. The fourth-order valence-electron chi connectivity index (χ4n) is 4.29. The molecule has 0 N–H and O–H groups in total. The Morgan fingerprint density at radius 1 is 0.679 bits per heavy atom. The van der Waals surface area contributed by atoms with Crippen molar-refractivity contribution >= 4 is 92.2 Å². The zero-order valence-corrected chi connectivity index (χ0v) is 31.0. The molecule has 0 aliphatic carbocycles. The molecule has 0 aliphatic heterocycles. The van der Waals surface area contributed by atoms with Crippen molar-refractivity contribution in [3.05, 3.63) is 0 Å². The average Bonchev–Trinajstić information content (AvgIpc) is 2.28. The van der Waals surface area contributed by atoms with Gasteiger partial charge in [-0.15, -0.1) is 30.6 Å². The smallest absolute Gasteiger partial charge is 0.258 e. The Morgan fingerprint density at radius 2 is 1.00 bits per heavy atom. The maximum Gasteiger partial charge on any atom is 0.258 e. The summed E-state index contributed by atoms with van der Waals surface area (Å²) in [5, 5.41) is -2.24. The van der Waals surface area contributed by atoms with Crippen LogP contribution < -0.4 is 0 Å². The molecule has 0 bridgehead atoms. The van der Waals surface area contributed by atoms with Gasteiger partial charge in [-0.1, -0.05) is 80.8 Å². The minimum atomic E-state index is -2.39.